The highest BCUT2D eigenvalue weighted by molar-refractivity contribution is 5.96. The number of methoxy groups -OCH3 is 2. The first-order valence-electron chi connectivity index (χ1n) is 6.13. The lowest BCUT2D eigenvalue weighted by molar-refractivity contribution is -0.385. The third kappa shape index (κ3) is 3.91. The third-order valence-corrected chi connectivity index (χ3v) is 2.84. The Bertz CT molecular complexity index is 558. The minimum absolute atomic E-state index is 0.0626. The molecule has 114 valence electrons. The Kier molecular flexibility index (Phi) is 5.65. The number of nitrogens with zero attached hydrogens (tertiary/aromatic N) is 2. The molecule has 0 atom stereocenters. The number of amides is 1. The van der Waals surface area contributed by atoms with E-state index < -0.39 is 16.8 Å². The summed E-state index contributed by atoms with van der Waals surface area (Å²) < 4.78 is 9.38. The van der Waals surface area contributed by atoms with Crippen molar-refractivity contribution < 1.29 is 24.0 Å². The van der Waals surface area contributed by atoms with Crippen molar-refractivity contribution in [3.8, 4) is 5.75 Å². The topological polar surface area (TPSA) is 99.0 Å². The Morgan fingerprint density at radius 3 is 2.48 bits per heavy atom. The lowest BCUT2D eigenvalue weighted by Crippen LogP contribution is -2.36. The van der Waals surface area contributed by atoms with Gasteiger partial charge in [-0.05, 0) is 19.1 Å². The lowest BCUT2D eigenvalue weighted by Gasteiger charge is -2.19. The quantitative estimate of drug-likeness (QED) is 0.445. The first-order chi connectivity index (χ1) is 9.94. The van der Waals surface area contributed by atoms with Gasteiger partial charge in [0.1, 0.15) is 6.54 Å². The molecule has 0 fully saturated rings. The van der Waals surface area contributed by atoms with Gasteiger partial charge in [-0.25, -0.2) is 0 Å². The molecule has 8 heteroatoms. The van der Waals surface area contributed by atoms with Gasteiger partial charge in [0, 0.05) is 18.2 Å². The van der Waals surface area contributed by atoms with Crippen LogP contribution in [0, 0.1) is 10.1 Å². The van der Waals surface area contributed by atoms with Crippen molar-refractivity contribution in [2.45, 2.75) is 6.92 Å². The Hall–Kier alpha value is -2.64. The Morgan fingerprint density at radius 1 is 1.33 bits per heavy atom. The van der Waals surface area contributed by atoms with Crippen molar-refractivity contribution in [3.63, 3.8) is 0 Å². The number of likely N-dealkylation sites (N-methyl/N-ethyl adjacent to an activating group) is 1. The highest BCUT2D eigenvalue weighted by Crippen LogP contribution is 2.27. The minimum atomic E-state index is -0.633. The number of carbonyl (C=O) groups excluding carboxylic acids is 2. The monoisotopic (exact) mass is 296 g/mol. The number of ether oxygens (including phenoxy) is 2. The molecule has 0 spiro atoms. The van der Waals surface area contributed by atoms with Crippen molar-refractivity contribution in [2.75, 3.05) is 27.3 Å². The predicted octanol–water partition coefficient (Wildman–Crippen LogP) is 1.24. The maximum absolute atomic E-state index is 12.3. The van der Waals surface area contributed by atoms with E-state index in [4.69, 9.17) is 4.74 Å². The van der Waals surface area contributed by atoms with Gasteiger partial charge in [0.05, 0.1) is 19.1 Å². The Morgan fingerprint density at radius 2 is 2.00 bits per heavy atom. The molecule has 0 aliphatic heterocycles. The SMILES string of the molecule is CCN(CC(=O)OC)C(=O)c1ccc(OC)c([N+](=O)[O-])c1. The fourth-order valence-corrected chi connectivity index (χ4v) is 1.70. The van der Waals surface area contributed by atoms with Gasteiger partial charge >= 0.3 is 11.7 Å². The zero-order chi connectivity index (χ0) is 16.0. The molecule has 0 heterocycles. The molecule has 0 saturated heterocycles. The number of nitro groups is 1. The van der Waals surface area contributed by atoms with Crippen LogP contribution in [0.1, 0.15) is 17.3 Å². The number of esters is 1. The van der Waals surface area contributed by atoms with Gasteiger partial charge in [0.15, 0.2) is 5.75 Å². The van der Waals surface area contributed by atoms with Crippen molar-refractivity contribution >= 4 is 17.6 Å². The van der Waals surface area contributed by atoms with Crippen LogP contribution in [0.25, 0.3) is 0 Å². The van der Waals surface area contributed by atoms with E-state index in [-0.39, 0.29) is 30.1 Å². The van der Waals surface area contributed by atoms with E-state index in [0.717, 1.165) is 6.07 Å². The van der Waals surface area contributed by atoms with Crippen LogP contribution in [0.4, 0.5) is 5.69 Å². The minimum Gasteiger partial charge on any atom is -0.490 e. The summed E-state index contributed by atoms with van der Waals surface area (Å²) in [6.07, 6.45) is 0. The van der Waals surface area contributed by atoms with Gasteiger partial charge in [-0.1, -0.05) is 0 Å². The molecule has 0 aromatic heterocycles. The lowest BCUT2D eigenvalue weighted by atomic mass is 10.1. The largest absolute Gasteiger partial charge is 0.490 e. The molecule has 0 unspecified atom stereocenters. The number of hydrogen-bond acceptors (Lipinski definition) is 6. The fraction of sp³-hybridized carbons (Fsp3) is 0.385. The zero-order valence-electron chi connectivity index (χ0n) is 12.0. The number of rotatable bonds is 6. The van der Waals surface area contributed by atoms with E-state index >= 15 is 0 Å². The van der Waals surface area contributed by atoms with Crippen LogP contribution in [-0.4, -0.2) is 49.0 Å². The summed E-state index contributed by atoms with van der Waals surface area (Å²) in [5, 5.41) is 10.9. The van der Waals surface area contributed by atoms with Gasteiger partial charge in [0.25, 0.3) is 5.91 Å². The molecule has 0 N–H and O–H groups in total. The summed E-state index contributed by atoms with van der Waals surface area (Å²) in [4.78, 5) is 35.1. The molecule has 1 aromatic rings. The molecule has 1 rings (SSSR count). The van der Waals surface area contributed by atoms with E-state index in [0.29, 0.717) is 0 Å². The van der Waals surface area contributed by atoms with E-state index in [1.54, 1.807) is 6.92 Å². The average molecular weight is 296 g/mol. The molecule has 0 saturated carbocycles. The van der Waals surface area contributed by atoms with Crippen molar-refractivity contribution in [1.82, 2.24) is 4.90 Å². The summed E-state index contributed by atoms with van der Waals surface area (Å²) in [6.45, 7) is 1.75. The van der Waals surface area contributed by atoms with Crippen molar-refractivity contribution in [2.24, 2.45) is 0 Å². The van der Waals surface area contributed by atoms with E-state index in [9.17, 15) is 19.7 Å². The first kappa shape index (κ1) is 16.4. The molecule has 0 bridgehead atoms. The Balaban J connectivity index is 3.08. The summed E-state index contributed by atoms with van der Waals surface area (Å²) in [5.41, 5.74) is -0.203. The van der Waals surface area contributed by atoms with Crippen LogP contribution in [0.5, 0.6) is 5.75 Å². The van der Waals surface area contributed by atoms with Crippen molar-refractivity contribution in [3.05, 3.63) is 33.9 Å². The molecule has 1 amide bonds. The van der Waals surface area contributed by atoms with Crippen LogP contribution in [0.3, 0.4) is 0 Å². The highest BCUT2D eigenvalue weighted by atomic mass is 16.6. The zero-order valence-corrected chi connectivity index (χ0v) is 12.0. The predicted molar refractivity (Wildman–Crippen MR) is 73.2 cm³/mol. The maximum Gasteiger partial charge on any atom is 0.325 e. The fourth-order valence-electron chi connectivity index (χ4n) is 1.70. The molecule has 8 nitrogen and oxygen atoms in total. The molecule has 0 aliphatic rings. The van der Waals surface area contributed by atoms with E-state index in [2.05, 4.69) is 4.74 Å². The van der Waals surface area contributed by atoms with Gasteiger partial charge < -0.3 is 14.4 Å². The van der Waals surface area contributed by atoms with E-state index in [1.807, 2.05) is 0 Å². The van der Waals surface area contributed by atoms with Crippen LogP contribution in [0.2, 0.25) is 0 Å². The molecular weight excluding hydrogens is 280 g/mol. The standard InChI is InChI=1S/C13H16N2O6/c1-4-14(8-12(16)21-3)13(17)9-5-6-11(20-2)10(7-9)15(18)19/h5-7H,4,8H2,1-3H3. The second kappa shape index (κ2) is 7.22. The van der Waals surface area contributed by atoms with Crippen LogP contribution in [0.15, 0.2) is 18.2 Å². The van der Waals surface area contributed by atoms with E-state index in [1.165, 1.54) is 31.3 Å². The summed E-state index contributed by atoms with van der Waals surface area (Å²) in [6, 6.07) is 3.88. The van der Waals surface area contributed by atoms with Crippen LogP contribution >= 0.6 is 0 Å². The maximum atomic E-state index is 12.3. The van der Waals surface area contributed by atoms with Gasteiger partial charge in [0.2, 0.25) is 0 Å². The molecule has 0 aliphatic carbocycles. The van der Waals surface area contributed by atoms with Crippen LogP contribution in [-0.2, 0) is 9.53 Å². The average Bonchev–Trinajstić information content (AvgIpc) is 2.50. The summed E-state index contributed by atoms with van der Waals surface area (Å²) in [5.74, 6) is -0.991. The number of carbonyl (C=O) groups is 2. The number of benzene rings is 1. The summed E-state index contributed by atoms with van der Waals surface area (Å²) in [7, 11) is 2.53. The van der Waals surface area contributed by atoms with Gasteiger partial charge in [-0.2, -0.15) is 0 Å². The highest BCUT2D eigenvalue weighted by Gasteiger charge is 2.22. The molecule has 21 heavy (non-hydrogen) atoms. The normalized spacial score (nSPS) is 9.86. The summed E-state index contributed by atoms with van der Waals surface area (Å²) >= 11 is 0. The second-order valence-corrected chi connectivity index (χ2v) is 4.04. The number of hydrogen-bond donors (Lipinski definition) is 0. The Labute approximate surface area is 121 Å². The second-order valence-electron chi connectivity index (χ2n) is 4.04. The molecule has 0 radical (unpaired) electrons. The van der Waals surface area contributed by atoms with Crippen molar-refractivity contribution in [1.29, 1.82) is 0 Å². The molecular formula is C13H16N2O6. The van der Waals surface area contributed by atoms with Gasteiger partial charge in [-0.15, -0.1) is 0 Å². The smallest absolute Gasteiger partial charge is 0.325 e. The van der Waals surface area contributed by atoms with Gasteiger partial charge in [-0.3, -0.25) is 19.7 Å². The van der Waals surface area contributed by atoms with Crippen LogP contribution < -0.4 is 4.74 Å². The molecule has 1 aromatic carbocycles. The first-order valence-corrected chi connectivity index (χ1v) is 6.13. The third-order valence-electron chi connectivity index (χ3n) is 2.84. The number of nitro benzene ring substituents is 1.